The quantitative estimate of drug-likeness (QED) is 0.436. The van der Waals surface area contributed by atoms with Crippen LogP contribution in [-0.2, 0) is 4.43 Å². The monoisotopic (exact) mass is 272 g/mol. The molecule has 0 aliphatic carbocycles. The van der Waals surface area contributed by atoms with Gasteiger partial charge in [0.2, 0.25) is 0 Å². The van der Waals surface area contributed by atoms with Crippen molar-refractivity contribution in [1.29, 1.82) is 0 Å². The molecular formula is C15H32O2Si. The molecule has 0 rings (SSSR count). The van der Waals surface area contributed by atoms with E-state index in [1.165, 1.54) is 0 Å². The molecule has 0 aromatic rings. The van der Waals surface area contributed by atoms with Crippen LogP contribution in [0, 0.1) is 11.8 Å². The highest BCUT2D eigenvalue weighted by Gasteiger charge is 2.38. The summed E-state index contributed by atoms with van der Waals surface area (Å²) >= 11 is 0. The van der Waals surface area contributed by atoms with Gasteiger partial charge in [0.1, 0.15) is 0 Å². The molecule has 0 saturated heterocycles. The largest absolute Gasteiger partial charge is 0.389 e. The predicted octanol–water partition coefficient (Wildman–Crippen LogP) is 4.57. The van der Waals surface area contributed by atoms with Gasteiger partial charge in [-0.2, -0.15) is 0 Å². The Morgan fingerprint density at radius 1 is 1.11 bits per heavy atom. The molecule has 18 heavy (non-hydrogen) atoms. The molecule has 0 bridgehead atoms. The Labute approximate surface area is 115 Å². The van der Waals surface area contributed by atoms with Gasteiger partial charge in [-0.05, 0) is 42.5 Å². The zero-order valence-corrected chi connectivity index (χ0v) is 14.4. The normalized spacial score (nSPS) is 17.4. The van der Waals surface area contributed by atoms with Crippen LogP contribution in [-0.4, -0.2) is 19.7 Å². The zero-order valence-electron chi connectivity index (χ0n) is 13.4. The van der Waals surface area contributed by atoms with E-state index in [1.54, 1.807) is 6.08 Å². The highest BCUT2D eigenvalue weighted by Crippen LogP contribution is 2.37. The van der Waals surface area contributed by atoms with E-state index in [4.69, 9.17) is 4.43 Å². The van der Waals surface area contributed by atoms with E-state index in [0.29, 0.717) is 11.8 Å². The second kappa shape index (κ2) is 6.87. The molecule has 0 heterocycles. The maximum atomic E-state index is 9.96. The number of hydrogen-bond acceptors (Lipinski definition) is 2. The minimum absolute atomic E-state index is 0.130. The summed E-state index contributed by atoms with van der Waals surface area (Å²) in [5.74, 6) is 1.17. The van der Waals surface area contributed by atoms with Gasteiger partial charge in [-0.1, -0.05) is 47.6 Å². The van der Waals surface area contributed by atoms with E-state index < -0.39 is 14.6 Å². The van der Waals surface area contributed by atoms with Gasteiger partial charge >= 0.3 is 0 Å². The Morgan fingerprint density at radius 2 is 1.61 bits per heavy atom. The number of rotatable bonds is 6. The van der Waals surface area contributed by atoms with E-state index in [9.17, 15) is 5.11 Å². The highest BCUT2D eigenvalue weighted by molar-refractivity contribution is 6.74. The van der Waals surface area contributed by atoms with Crippen molar-refractivity contribution >= 4 is 8.32 Å². The number of aliphatic hydroxyl groups is 1. The summed E-state index contributed by atoms with van der Waals surface area (Å²) in [4.78, 5) is 0. The van der Waals surface area contributed by atoms with Crippen LogP contribution in [0.3, 0.4) is 0 Å². The number of hydrogen-bond donors (Lipinski definition) is 1. The lowest BCUT2D eigenvalue weighted by atomic mass is 9.99. The van der Waals surface area contributed by atoms with Crippen molar-refractivity contribution in [3.05, 3.63) is 12.2 Å². The third-order valence-electron chi connectivity index (χ3n) is 3.67. The molecule has 0 spiro atoms. The summed E-state index contributed by atoms with van der Waals surface area (Å²) in [7, 11) is -1.87. The van der Waals surface area contributed by atoms with Crippen LogP contribution in [0.4, 0.5) is 0 Å². The Balaban J connectivity index is 4.35. The van der Waals surface area contributed by atoms with E-state index in [1.807, 2.05) is 0 Å². The van der Waals surface area contributed by atoms with Crippen LogP contribution in [0.2, 0.25) is 18.1 Å². The van der Waals surface area contributed by atoms with Gasteiger partial charge in [0, 0.05) is 0 Å². The predicted molar refractivity (Wildman–Crippen MR) is 82.0 cm³/mol. The van der Waals surface area contributed by atoms with Crippen molar-refractivity contribution < 1.29 is 9.53 Å². The topological polar surface area (TPSA) is 29.5 Å². The van der Waals surface area contributed by atoms with Crippen LogP contribution >= 0.6 is 0 Å². The van der Waals surface area contributed by atoms with Crippen molar-refractivity contribution in [3.63, 3.8) is 0 Å². The first-order valence-electron chi connectivity index (χ1n) is 7.00. The second-order valence-corrected chi connectivity index (χ2v) is 12.0. The molecular weight excluding hydrogens is 240 g/mol. The van der Waals surface area contributed by atoms with E-state index in [0.717, 1.165) is 6.42 Å². The first-order chi connectivity index (χ1) is 7.95. The Morgan fingerprint density at radius 3 is 2.00 bits per heavy atom. The maximum Gasteiger partial charge on any atom is 0.195 e. The molecule has 0 saturated carbocycles. The highest BCUT2D eigenvalue weighted by atomic mass is 28.4. The van der Waals surface area contributed by atoms with Crippen LogP contribution in [0.15, 0.2) is 12.2 Å². The van der Waals surface area contributed by atoms with Crippen molar-refractivity contribution in [2.45, 2.75) is 72.4 Å². The van der Waals surface area contributed by atoms with Crippen LogP contribution < -0.4 is 0 Å². The number of aliphatic hydroxyl groups excluding tert-OH is 1. The fourth-order valence-electron chi connectivity index (χ4n) is 1.62. The smallest absolute Gasteiger partial charge is 0.195 e. The summed E-state index contributed by atoms with van der Waals surface area (Å²) in [5, 5.41) is 10.1. The molecule has 0 aliphatic rings. The van der Waals surface area contributed by atoms with Crippen LogP contribution in [0.25, 0.3) is 0 Å². The van der Waals surface area contributed by atoms with Gasteiger partial charge in [-0.15, -0.1) is 0 Å². The van der Waals surface area contributed by atoms with Crippen molar-refractivity contribution in [2.75, 3.05) is 0 Å². The van der Waals surface area contributed by atoms with Crippen LogP contribution in [0.5, 0.6) is 0 Å². The Bertz CT molecular complexity index is 264. The molecule has 0 aromatic carbocycles. The Hall–Kier alpha value is -0.123. The Kier molecular flexibility index (Phi) is 6.83. The lowest BCUT2D eigenvalue weighted by molar-refractivity contribution is 0.0126. The minimum atomic E-state index is -1.87. The fourth-order valence-corrected chi connectivity index (χ4v) is 2.66. The minimum Gasteiger partial charge on any atom is -0.389 e. The fraction of sp³-hybridized carbons (Fsp3) is 0.867. The average molecular weight is 273 g/mol. The molecule has 0 fully saturated rings. The molecule has 0 amide bonds. The van der Waals surface area contributed by atoms with E-state index in [2.05, 4.69) is 60.7 Å². The molecule has 1 N–H and O–H groups in total. The summed E-state index contributed by atoms with van der Waals surface area (Å²) in [6, 6.07) is 0. The molecule has 2 nitrogen and oxygen atoms in total. The molecule has 0 radical (unpaired) electrons. The molecule has 0 aliphatic heterocycles. The van der Waals surface area contributed by atoms with Crippen molar-refractivity contribution in [2.24, 2.45) is 11.8 Å². The van der Waals surface area contributed by atoms with Crippen molar-refractivity contribution in [1.82, 2.24) is 0 Å². The summed E-state index contributed by atoms with van der Waals surface area (Å²) < 4.78 is 5.87. The standard InChI is InChI=1S/C15H32O2Si/c1-12(2)11-13(3)9-10-14(16)17-18(7,8)15(4,5)6/h9-10,12-14,16H,11H2,1-8H3. The zero-order chi connectivity index (χ0) is 14.6. The van der Waals surface area contributed by atoms with Gasteiger partial charge in [-0.3, -0.25) is 0 Å². The van der Waals surface area contributed by atoms with Gasteiger partial charge in [0.25, 0.3) is 0 Å². The SMILES string of the molecule is CC(C)CC(C)C=CC(O)O[Si](C)(C)C(C)(C)C. The summed E-state index contributed by atoms with van der Waals surface area (Å²) in [5.41, 5.74) is 0. The van der Waals surface area contributed by atoms with Gasteiger partial charge in [0.15, 0.2) is 14.6 Å². The third-order valence-corrected chi connectivity index (χ3v) is 8.11. The first-order valence-corrected chi connectivity index (χ1v) is 9.90. The molecule has 2 atom stereocenters. The first kappa shape index (κ1) is 17.9. The van der Waals surface area contributed by atoms with Gasteiger partial charge in [0.05, 0.1) is 0 Å². The summed E-state index contributed by atoms with van der Waals surface area (Å²) in [6.07, 6.45) is 4.25. The lowest BCUT2D eigenvalue weighted by Gasteiger charge is -2.37. The van der Waals surface area contributed by atoms with Crippen LogP contribution in [0.1, 0.15) is 48.0 Å². The molecule has 2 unspecified atom stereocenters. The summed E-state index contributed by atoms with van der Waals surface area (Å²) in [6.45, 7) is 17.4. The maximum absolute atomic E-state index is 9.96. The van der Waals surface area contributed by atoms with Crippen molar-refractivity contribution in [3.8, 4) is 0 Å². The van der Waals surface area contributed by atoms with Gasteiger partial charge < -0.3 is 9.53 Å². The number of allylic oxidation sites excluding steroid dienone is 1. The lowest BCUT2D eigenvalue weighted by Crippen LogP contribution is -2.43. The van der Waals surface area contributed by atoms with E-state index in [-0.39, 0.29) is 5.04 Å². The van der Waals surface area contributed by atoms with Gasteiger partial charge in [-0.25, -0.2) is 0 Å². The molecule has 3 heteroatoms. The average Bonchev–Trinajstić information content (AvgIpc) is 2.11. The van der Waals surface area contributed by atoms with E-state index >= 15 is 0 Å². The second-order valence-electron chi connectivity index (χ2n) is 7.26. The molecule has 108 valence electrons. The third kappa shape index (κ3) is 6.71. The molecule has 0 aromatic heterocycles.